The first-order valence-corrected chi connectivity index (χ1v) is 7.28. The number of rotatable bonds is 3. The van der Waals surface area contributed by atoms with E-state index >= 15 is 0 Å². The van der Waals surface area contributed by atoms with Crippen molar-refractivity contribution in [2.75, 3.05) is 11.9 Å². The van der Waals surface area contributed by atoms with Gasteiger partial charge in [0.15, 0.2) is 0 Å². The van der Waals surface area contributed by atoms with E-state index in [0.717, 1.165) is 17.0 Å². The Bertz CT molecular complexity index is 647. The highest BCUT2D eigenvalue weighted by molar-refractivity contribution is 7.10. The number of thiophene rings is 1. The van der Waals surface area contributed by atoms with Crippen molar-refractivity contribution in [2.45, 2.75) is 13.3 Å². The third kappa shape index (κ3) is 3.70. The van der Waals surface area contributed by atoms with Crippen LogP contribution in [0.25, 0.3) is 0 Å². The molecule has 0 saturated heterocycles. The molecule has 1 heterocycles. The molecule has 0 aliphatic carbocycles. The van der Waals surface area contributed by atoms with Gasteiger partial charge in [0, 0.05) is 11.1 Å². The largest absolute Gasteiger partial charge is 0.322 e. The highest BCUT2D eigenvalue weighted by Gasteiger charge is 2.08. The zero-order chi connectivity index (χ0) is 14.4. The third-order valence-corrected chi connectivity index (χ3v) is 3.64. The molecular weight excluding hydrogens is 268 g/mol. The molecule has 0 aliphatic rings. The molecule has 1 aromatic carbocycles. The minimum absolute atomic E-state index is 0.119. The molecule has 0 bridgehead atoms. The maximum Gasteiger partial charge on any atom is 0.256 e. The molecule has 0 radical (unpaired) electrons. The number of aryl methyl sites for hydroxylation is 1. The van der Waals surface area contributed by atoms with E-state index in [4.69, 9.17) is 5.73 Å². The van der Waals surface area contributed by atoms with Gasteiger partial charge in [-0.1, -0.05) is 30.9 Å². The van der Waals surface area contributed by atoms with Crippen molar-refractivity contribution in [1.29, 1.82) is 0 Å². The molecule has 20 heavy (non-hydrogen) atoms. The van der Waals surface area contributed by atoms with Gasteiger partial charge in [-0.3, -0.25) is 4.79 Å². The Morgan fingerprint density at radius 2 is 2.10 bits per heavy atom. The smallest absolute Gasteiger partial charge is 0.256 e. The van der Waals surface area contributed by atoms with Crippen molar-refractivity contribution in [3.05, 3.63) is 51.7 Å². The van der Waals surface area contributed by atoms with Crippen LogP contribution in [0.15, 0.2) is 35.7 Å². The van der Waals surface area contributed by atoms with Gasteiger partial charge in [-0.15, -0.1) is 11.3 Å². The fourth-order valence-electron chi connectivity index (χ4n) is 1.69. The molecule has 0 fully saturated rings. The second-order valence-corrected chi connectivity index (χ2v) is 5.12. The Labute approximate surface area is 122 Å². The van der Waals surface area contributed by atoms with Crippen molar-refractivity contribution in [1.82, 2.24) is 0 Å². The number of benzene rings is 1. The number of hydrogen-bond donors (Lipinski definition) is 2. The molecule has 3 nitrogen and oxygen atoms in total. The average molecular weight is 284 g/mol. The molecular formula is C16H16N2OS. The lowest BCUT2D eigenvalue weighted by Gasteiger charge is -2.04. The quantitative estimate of drug-likeness (QED) is 0.852. The minimum atomic E-state index is -0.119. The Kier molecular flexibility index (Phi) is 4.94. The molecule has 1 amide bonds. The van der Waals surface area contributed by atoms with E-state index in [2.05, 4.69) is 24.1 Å². The fourth-order valence-corrected chi connectivity index (χ4v) is 2.44. The van der Waals surface area contributed by atoms with Crippen LogP contribution < -0.4 is 11.1 Å². The molecule has 1 aromatic heterocycles. The summed E-state index contributed by atoms with van der Waals surface area (Å²) in [4.78, 5) is 12.9. The number of nitrogens with two attached hydrogens (primary N) is 1. The van der Waals surface area contributed by atoms with Gasteiger partial charge >= 0.3 is 0 Å². The predicted molar refractivity (Wildman–Crippen MR) is 84.0 cm³/mol. The first-order chi connectivity index (χ1) is 9.72. The van der Waals surface area contributed by atoms with Gasteiger partial charge in [0.2, 0.25) is 0 Å². The maximum atomic E-state index is 12.1. The molecule has 0 aliphatic heterocycles. The topological polar surface area (TPSA) is 55.1 Å². The van der Waals surface area contributed by atoms with Gasteiger partial charge in [0.05, 0.1) is 17.0 Å². The van der Waals surface area contributed by atoms with E-state index in [0.29, 0.717) is 12.1 Å². The highest BCUT2D eigenvalue weighted by atomic mass is 32.1. The molecule has 0 saturated carbocycles. The van der Waals surface area contributed by atoms with E-state index in [9.17, 15) is 4.79 Å². The Morgan fingerprint density at radius 1 is 1.35 bits per heavy atom. The molecule has 2 aromatic rings. The summed E-state index contributed by atoms with van der Waals surface area (Å²) in [6.07, 6.45) is 0.988. The van der Waals surface area contributed by atoms with Crippen molar-refractivity contribution in [3.8, 4) is 11.8 Å². The van der Waals surface area contributed by atoms with Crippen LogP contribution in [0.5, 0.6) is 0 Å². The Balaban J connectivity index is 2.05. The van der Waals surface area contributed by atoms with Gasteiger partial charge < -0.3 is 11.1 Å². The lowest BCUT2D eigenvalue weighted by Crippen LogP contribution is -2.10. The molecule has 0 atom stereocenters. The number of carbonyl (C=O) groups is 1. The molecule has 3 N–H and O–H groups in total. The van der Waals surface area contributed by atoms with Crippen LogP contribution in [-0.4, -0.2) is 12.5 Å². The van der Waals surface area contributed by atoms with Crippen LogP contribution in [0.3, 0.4) is 0 Å². The third-order valence-electron chi connectivity index (χ3n) is 2.80. The van der Waals surface area contributed by atoms with E-state index in [1.807, 2.05) is 24.3 Å². The van der Waals surface area contributed by atoms with Gasteiger partial charge in [-0.25, -0.2) is 0 Å². The molecule has 0 unspecified atom stereocenters. The van der Waals surface area contributed by atoms with Crippen molar-refractivity contribution >= 4 is 22.9 Å². The molecule has 102 valence electrons. The van der Waals surface area contributed by atoms with Crippen molar-refractivity contribution in [3.63, 3.8) is 0 Å². The van der Waals surface area contributed by atoms with Gasteiger partial charge in [-0.05, 0) is 30.2 Å². The SMILES string of the molecule is CCc1ccc(NC(=O)c2csc(C#CCN)c2)cc1. The summed E-state index contributed by atoms with van der Waals surface area (Å²) in [5.41, 5.74) is 7.99. The summed E-state index contributed by atoms with van der Waals surface area (Å²) in [5.74, 6) is 5.58. The Morgan fingerprint density at radius 3 is 2.75 bits per heavy atom. The number of nitrogens with one attached hydrogen (secondary N) is 1. The average Bonchev–Trinajstić information content (AvgIpc) is 2.95. The second-order valence-electron chi connectivity index (χ2n) is 4.21. The van der Waals surface area contributed by atoms with Crippen LogP contribution in [0, 0.1) is 11.8 Å². The van der Waals surface area contributed by atoms with Crippen LogP contribution in [-0.2, 0) is 6.42 Å². The molecule has 2 rings (SSSR count). The lowest BCUT2D eigenvalue weighted by molar-refractivity contribution is 0.102. The van der Waals surface area contributed by atoms with E-state index < -0.39 is 0 Å². The number of amides is 1. The first kappa shape index (κ1) is 14.3. The summed E-state index contributed by atoms with van der Waals surface area (Å²) >= 11 is 1.44. The van der Waals surface area contributed by atoms with Crippen LogP contribution in [0.1, 0.15) is 27.7 Å². The number of hydrogen-bond acceptors (Lipinski definition) is 3. The van der Waals surface area contributed by atoms with Crippen molar-refractivity contribution in [2.24, 2.45) is 5.73 Å². The minimum Gasteiger partial charge on any atom is -0.322 e. The van der Waals surface area contributed by atoms with Gasteiger partial charge in [-0.2, -0.15) is 0 Å². The highest BCUT2D eigenvalue weighted by Crippen LogP contribution is 2.16. The van der Waals surface area contributed by atoms with Crippen LogP contribution in [0.4, 0.5) is 5.69 Å². The summed E-state index contributed by atoms with van der Waals surface area (Å²) in [6.45, 7) is 2.42. The zero-order valence-corrected chi connectivity index (χ0v) is 12.1. The van der Waals surface area contributed by atoms with E-state index in [1.54, 1.807) is 11.4 Å². The van der Waals surface area contributed by atoms with Gasteiger partial charge in [0.1, 0.15) is 0 Å². The van der Waals surface area contributed by atoms with Crippen LogP contribution >= 0.6 is 11.3 Å². The fraction of sp³-hybridized carbons (Fsp3) is 0.188. The number of anilines is 1. The summed E-state index contributed by atoms with van der Waals surface area (Å²) in [6, 6.07) is 9.64. The van der Waals surface area contributed by atoms with E-state index in [-0.39, 0.29) is 5.91 Å². The Hall–Kier alpha value is -2.09. The summed E-state index contributed by atoms with van der Waals surface area (Å²) in [7, 11) is 0. The maximum absolute atomic E-state index is 12.1. The summed E-state index contributed by atoms with van der Waals surface area (Å²) < 4.78 is 0. The van der Waals surface area contributed by atoms with E-state index in [1.165, 1.54) is 16.9 Å². The lowest BCUT2D eigenvalue weighted by atomic mass is 10.1. The summed E-state index contributed by atoms with van der Waals surface area (Å²) in [5, 5.41) is 4.68. The predicted octanol–water partition coefficient (Wildman–Crippen LogP) is 2.87. The van der Waals surface area contributed by atoms with Crippen molar-refractivity contribution < 1.29 is 4.79 Å². The molecule has 0 spiro atoms. The first-order valence-electron chi connectivity index (χ1n) is 6.40. The molecule has 4 heteroatoms. The normalized spacial score (nSPS) is 9.70. The van der Waals surface area contributed by atoms with Gasteiger partial charge in [0.25, 0.3) is 5.91 Å². The number of carbonyl (C=O) groups excluding carboxylic acids is 1. The zero-order valence-electron chi connectivity index (χ0n) is 11.3. The van der Waals surface area contributed by atoms with Crippen LogP contribution in [0.2, 0.25) is 0 Å². The monoisotopic (exact) mass is 284 g/mol. The standard InChI is InChI=1S/C16H16N2OS/c1-2-12-5-7-14(8-6-12)18-16(19)13-10-15(20-11-13)4-3-9-17/h5-8,10-11H,2,9,17H2,1H3,(H,18,19). The second kappa shape index (κ2) is 6.90.